The molecule has 0 aliphatic rings. The summed E-state index contributed by atoms with van der Waals surface area (Å²) in [6, 6.07) is 10.3. The lowest BCUT2D eigenvalue weighted by Gasteiger charge is -2.28. The van der Waals surface area contributed by atoms with Gasteiger partial charge in [-0.1, -0.05) is 18.2 Å². The molecule has 1 unspecified atom stereocenters. The predicted octanol–water partition coefficient (Wildman–Crippen LogP) is 2.29. The highest BCUT2D eigenvalue weighted by Gasteiger charge is 2.29. The summed E-state index contributed by atoms with van der Waals surface area (Å²) in [5, 5.41) is 16.4. The fourth-order valence-corrected chi connectivity index (χ4v) is 3.22. The van der Waals surface area contributed by atoms with Gasteiger partial charge < -0.3 is 20.5 Å². The first-order valence-electron chi connectivity index (χ1n) is 8.27. The molecule has 0 saturated carbocycles. The molecule has 7 nitrogen and oxygen atoms in total. The van der Waals surface area contributed by atoms with Gasteiger partial charge in [0.15, 0.2) is 0 Å². The number of methoxy groups -OCH3 is 1. The van der Waals surface area contributed by atoms with Crippen LogP contribution in [0.15, 0.2) is 41.8 Å². The number of carbonyl (C=O) groups excluding carboxylic acids is 2. The van der Waals surface area contributed by atoms with E-state index in [1.54, 1.807) is 37.3 Å². The summed E-state index contributed by atoms with van der Waals surface area (Å²) in [5.41, 5.74) is 0.239. The van der Waals surface area contributed by atoms with Crippen molar-refractivity contribution in [1.29, 1.82) is 0 Å². The van der Waals surface area contributed by atoms with Gasteiger partial charge in [-0.05, 0) is 36.1 Å². The number of ether oxygens (including phenoxy) is 1. The molecular weight excluding hydrogens is 368 g/mol. The molecule has 0 spiro atoms. The Labute approximate surface area is 161 Å². The second-order valence-electron chi connectivity index (χ2n) is 6.38. The highest BCUT2D eigenvalue weighted by atomic mass is 32.1. The van der Waals surface area contributed by atoms with E-state index < -0.39 is 11.5 Å². The summed E-state index contributed by atoms with van der Waals surface area (Å²) in [7, 11) is 1.45. The Morgan fingerprint density at radius 3 is 2.41 bits per heavy atom. The summed E-state index contributed by atoms with van der Waals surface area (Å²) in [5.74, 6) is -1.55. The van der Waals surface area contributed by atoms with Crippen LogP contribution in [0.1, 0.15) is 38.9 Å². The number of carbonyl (C=O) groups is 3. The van der Waals surface area contributed by atoms with Crippen LogP contribution < -0.4 is 10.6 Å². The van der Waals surface area contributed by atoms with Crippen molar-refractivity contribution in [2.45, 2.75) is 25.4 Å². The smallest absolute Gasteiger partial charge is 0.305 e. The minimum absolute atomic E-state index is 0.0812. The van der Waals surface area contributed by atoms with Crippen LogP contribution in [0.4, 0.5) is 0 Å². The largest absolute Gasteiger partial charge is 0.481 e. The first-order valence-corrected chi connectivity index (χ1v) is 9.15. The Hall–Kier alpha value is -2.71. The number of nitrogens with one attached hydrogen (secondary N) is 2. The topological polar surface area (TPSA) is 105 Å². The van der Waals surface area contributed by atoms with Crippen LogP contribution in [0.25, 0.3) is 0 Å². The van der Waals surface area contributed by atoms with Gasteiger partial charge in [-0.3, -0.25) is 14.4 Å². The second kappa shape index (κ2) is 9.29. The Morgan fingerprint density at radius 1 is 1.15 bits per heavy atom. The first kappa shape index (κ1) is 20.6. The zero-order valence-electron chi connectivity index (χ0n) is 15.2. The number of carboxylic acids is 1. The number of amides is 2. The SMILES string of the molecule is COCC(C)(CC(=O)O)NC(=O)c1ccc(CNC(=O)c2cccs2)cc1. The molecule has 8 heteroatoms. The molecule has 0 aliphatic heterocycles. The van der Waals surface area contributed by atoms with E-state index in [1.165, 1.54) is 18.4 Å². The van der Waals surface area contributed by atoms with Gasteiger partial charge in [-0.25, -0.2) is 0 Å². The quantitative estimate of drug-likeness (QED) is 0.609. The van der Waals surface area contributed by atoms with Crippen molar-refractivity contribution < 1.29 is 24.2 Å². The molecule has 144 valence electrons. The van der Waals surface area contributed by atoms with Gasteiger partial charge in [-0.15, -0.1) is 11.3 Å². The van der Waals surface area contributed by atoms with E-state index >= 15 is 0 Å². The van der Waals surface area contributed by atoms with Crippen LogP contribution in [0.3, 0.4) is 0 Å². The van der Waals surface area contributed by atoms with Crippen molar-refractivity contribution in [2.24, 2.45) is 0 Å². The number of rotatable bonds is 9. The third-order valence-corrected chi connectivity index (χ3v) is 4.70. The summed E-state index contributed by atoms with van der Waals surface area (Å²) in [6.45, 7) is 2.05. The maximum atomic E-state index is 12.4. The third-order valence-electron chi connectivity index (χ3n) is 3.83. The molecule has 27 heavy (non-hydrogen) atoms. The molecule has 0 saturated heterocycles. The third kappa shape index (κ3) is 6.19. The number of thiophene rings is 1. The zero-order valence-corrected chi connectivity index (χ0v) is 16.0. The van der Waals surface area contributed by atoms with Gasteiger partial charge in [0.05, 0.1) is 23.4 Å². The zero-order chi connectivity index (χ0) is 19.9. The van der Waals surface area contributed by atoms with E-state index in [9.17, 15) is 14.4 Å². The summed E-state index contributed by atoms with van der Waals surface area (Å²) in [6.07, 6.45) is -0.251. The van der Waals surface area contributed by atoms with Gasteiger partial charge in [-0.2, -0.15) is 0 Å². The monoisotopic (exact) mass is 390 g/mol. The Kier molecular flexibility index (Phi) is 7.09. The number of hydrogen-bond donors (Lipinski definition) is 3. The van der Waals surface area contributed by atoms with Gasteiger partial charge in [0.25, 0.3) is 11.8 Å². The molecule has 1 heterocycles. The van der Waals surface area contributed by atoms with Crippen molar-refractivity contribution in [3.8, 4) is 0 Å². The van der Waals surface area contributed by atoms with Gasteiger partial charge in [0.1, 0.15) is 0 Å². The van der Waals surface area contributed by atoms with Crippen LogP contribution in [0.2, 0.25) is 0 Å². The van der Waals surface area contributed by atoms with Crippen LogP contribution in [0, 0.1) is 0 Å². The summed E-state index contributed by atoms with van der Waals surface area (Å²) in [4.78, 5) is 36.0. The predicted molar refractivity (Wildman–Crippen MR) is 102 cm³/mol. The van der Waals surface area contributed by atoms with E-state index in [2.05, 4.69) is 10.6 Å². The van der Waals surface area contributed by atoms with Gasteiger partial charge in [0, 0.05) is 19.2 Å². The van der Waals surface area contributed by atoms with Crippen LogP contribution in [-0.2, 0) is 16.1 Å². The molecule has 0 radical (unpaired) electrons. The molecule has 0 fully saturated rings. The molecule has 2 rings (SSSR count). The molecule has 0 aliphatic carbocycles. The second-order valence-corrected chi connectivity index (χ2v) is 7.32. The fourth-order valence-electron chi connectivity index (χ4n) is 2.58. The number of hydrogen-bond acceptors (Lipinski definition) is 5. The molecule has 1 aromatic heterocycles. The van der Waals surface area contributed by atoms with Crippen molar-refractivity contribution in [2.75, 3.05) is 13.7 Å². The van der Waals surface area contributed by atoms with Gasteiger partial charge >= 0.3 is 5.97 Å². The molecule has 1 aromatic carbocycles. The van der Waals surface area contributed by atoms with Crippen molar-refractivity contribution in [3.63, 3.8) is 0 Å². The van der Waals surface area contributed by atoms with Gasteiger partial charge in [0.2, 0.25) is 0 Å². The molecule has 1 atom stereocenters. The molecule has 0 bridgehead atoms. The Balaban J connectivity index is 1.96. The van der Waals surface area contributed by atoms with E-state index in [4.69, 9.17) is 9.84 Å². The van der Waals surface area contributed by atoms with E-state index in [0.717, 1.165) is 5.56 Å². The van der Waals surface area contributed by atoms with Crippen LogP contribution in [-0.4, -0.2) is 42.1 Å². The fraction of sp³-hybridized carbons (Fsp3) is 0.316. The first-order chi connectivity index (χ1) is 12.8. The molecule has 2 amide bonds. The van der Waals surface area contributed by atoms with Crippen molar-refractivity contribution in [3.05, 3.63) is 57.8 Å². The lowest BCUT2D eigenvalue weighted by molar-refractivity contribution is -0.139. The minimum Gasteiger partial charge on any atom is -0.481 e. The lowest BCUT2D eigenvalue weighted by Crippen LogP contribution is -2.50. The minimum atomic E-state index is -1.02. The van der Waals surface area contributed by atoms with Crippen molar-refractivity contribution >= 4 is 29.1 Å². The average Bonchev–Trinajstić information content (AvgIpc) is 3.14. The van der Waals surface area contributed by atoms with Crippen LogP contribution in [0.5, 0.6) is 0 Å². The van der Waals surface area contributed by atoms with Crippen LogP contribution >= 0.6 is 11.3 Å². The van der Waals surface area contributed by atoms with Crippen molar-refractivity contribution in [1.82, 2.24) is 10.6 Å². The Morgan fingerprint density at radius 2 is 1.85 bits per heavy atom. The van der Waals surface area contributed by atoms with E-state index in [0.29, 0.717) is 17.0 Å². The average molecular weight is 390 g/mol. The standard InChI is InChI=1S/C19H22N2O5S/c1-19(12-26-2,10-16(22)23)21-17(24)14-7-5-13(6-8-14)11-20-18(25)15-4-3-9-27-15/h3-9H,10-12H2,1-2H3,(H,20,25)(H,21,24)(H,22,23). The summed E-state index contributed by atoms with van der Waals surface area (Å²) >= 11 is 1.37. The molecular formula is C19H22N2O5S. The molecule has 2 aromatic rings. The van der Waals surface area contributed by atoms with E-state index in [-0.39, 0.29) is 24.8 Å². The maximum Gasteiger partial charge on any atom is 0.305 e. The highest BCUT2D eigenvalue weighted by molar-refractivity contribution is 7.12. The maximum absolute atomic E-state index is 12.4. The highest BCUT2D eigenvalue weighted by Crippen LogP contribution is 2.13. The molecule has 3 N–H and O–H groups in total. The number of benzene rings is 1. The normalized spacial score (nSPS) is 12.8. The van der Waals surface area contributed by atoms with E-state index in [1.807, 2.05) is 11.4 Å². The number of carboxylic acid groups (broad SMARTS) is 1. The lowest BCUT2D eigenvalue weighted by atomic mass is 9.98. The summed E-state index contributed by atoms with van der Waals surface area (Å²) < 4.78 is 5.03. The number of aliphatic carboxylic acids is 1. The Bertz CT molecular complexity index is 789.